The zero-order chi connectivity index (χ0) is 13.7. The van der Waals surface area contributed by atoms with Gasteiger partial charge in [0.05, 0.1) is 0 Å². The topological polar surface area (TPSA) is 26.3 Å². The molecular weight excluding hydrogens is 236 g/mol. The van der Waals surface area contributed by atoms with Crippen molar-refractivity contribution in [1.82, 2.24) is 0 Å². The van der Waals surface area contributed by atoms with Gasteiger partial charge in [-0.2, -0.15) is 0 Å². The Kier molecular flexibility index (Phi) is 4.35. The van der Waals surface area contributed by atoms with Gasteiger partial charge in [0.15, 0.2) is 5.78 Å². The molecular formula is C17H18O2. The van der Waals surface area contributed by atoms with Crippen LogP contribution in [0.4, 0.5) is 0 Å². The summed E-state index contributed by atoms with van der Waals surface area (Å²) in [5.41, 5.74) is 3.13. The highest BCUT2D eigenvalue weighted by Gasteiger charge is 2.01. The Bertz CT molecular complexity index is 556. The summed E-state index contributed by atoms with van der Waals surface area (Å²) in [5.74, 6) is 0.782. The van der Waals surface area contributed by atoms with Crippen molar-refractivity contribution in [1.29, 1.82) is 0 Å². The van der Waals surface area contributed by atoms with Gasteiger partial charge >= 0.3 is 0 Å². The molecule has 0 aliphatic rings. The van der Waals surface area contributed by atoms with E-state index in [0.717, 1.165) is 17.7 Å². The van der Waals surface area contributed by atoms with E-state index in [1.54, 1.807) is 19.1 Å². The molecule has 0 aliphatic carbocycles. The van der Waals surface area contributed by atoms with Gasteiger partial charge in [-0.1, -0.05) is 43.3 Å². The molecule has 0 fully saturated rings. The summed E-state index contributed by atoms with van der Waals surface area (Å²) in [6.07, 6.45) is 1.04. The maximum Gasteiger partial charge on any atom is 0.159 e. The van der Waals surface area contributed by atoms with Gasteiger partial charge in [-0.05, 0) is 36.6 Å². The molecule has 0 saturated carbocycles. The highest BCUT2D eigenvalue weighted by molar-refractivity contribution is 5.94. The van der Waals surface area contributed by atoms with E-state index >= 15 is 0 Å². The van der Waals surface area contributed by atoms with Gasteiger partial charge in [-0.15, -0.1) is 0 Å². The van der Waals surface area contributed by atoms with Crippen molar-refractivity contribution in [3.05, 3.63) is 65.2 Å². The second-order valence-corrected chi connectivity index (χ2v) is 4.54. The fourth-order valence-electron chi connectivity index (χ4n) is 1.84. The lowest BCUT2D eigenvalue weighted by molar-refractivity contribution is 0.101. The Morgan fingerprint density at radius 3 is 2.37 bits per heavy atom. The van der Waals surface area contributed by atoms with Gasteiger partial charge in [0, 0.05) is 5.56 Å². The number of carbonyl (C=O) groups excluding carboxylic acids is 1. The molecule has 0 aromatic heterocycles. The van der Waals surface area contributed by atoms with Crippen molar-refractivity contribution in [3.8, 4) is 5.75 Å². The number of Topliss-reactive ketones (excluding diaryl/α,β-unsaturated/α-hetero) is 1. The Morgan fingerprint density at radius 1 is 1.05 bits per heavy atom. The summed E-state index contributed by atoms with van der Waals surface area (Å²) < 4.78 is 5.70. The van der Waals surface area contributed by atoms with Gasteiger partial charge in [0.25, 0.3) is 0 Å². The summed E-state index contributed by atoms with van der Waals surface area (Å²) in [6, 6.07) is 15.7. The molecule has 2 aromatic carbocycles. The lowest BCUT2D eigenvalue weighted by Gasteiger charge is -2.07. The standard InChI is InChI=1S/C17H18O2/c1-3-14-7-9-15(10-8-14)12-19-17-6-4-5-16(11-17)13(2)18/h4-11H,3,12H2,1-2H3. The van der Waals surface area contributed by atoms with Crippen molar-refractivity contribution in [2.24, 2.45) is 0 Å². The van der Waals surface area contributed by atoms with Crippen LogP contribution in [0.25, 0.3) is 0 Å². The van der Waals surface area contributed by atoms with Crippen LogP contribution in [0.5, 0.6) is 5.75 Å². The van der Waals surface area contributed by atoms with E-state index in [-0.39, 0.29) is 5.78 Å². The largest absolute Gasteiger partial charge is 0.489 e. The van der Waals surface area contributed by atoms with Crippen LogP contribution in [0.1, 0.15) is 35.3 Å². The minimum atomic E-state index is 0.0535. The molecule has 0 heterocycles. The van der Waals surface area contributed by atoms with E-state index in [1.165, 1.54) is 5.56 Å². The van der Waals surface area contributed by atoms with Crippen molar-refractivity contribution < 1.29 is 9.53 Å². The smallest absolute Gasteiger partial charge is 0.159 e. The molecule has 0 unspecified atom stereocenters. The molecule has 19 heavy (non-hydrogen) atoms. The molecule has 0 spiro atoms. The molecule has 2 aromatic rings. The maximum absolute atomic E-state index is 11.3. The van der Waals surface area contributed by atoms with Crippen molar-refractivity contribution in [2.75, 3.05) is 0 Å². The Labute approximate surface area is 114 Å². The van der Waals surface area contributed by atoms with Crippen molar-refractivity contribution >= 4 is 5.78 Å². The number of carbonyl (C=O) groups is 1. The number of ketones is 1. The quantitative estimate of drug-likeness (QED) is 0.753. The number of benzene rings is 2. The average molecular weight is 254 g/mol. The van der Waals surface area contributed by atoms with E-state index in [0.29, 0.717) is 12.2 Å². The Balaban J connectivity index is 2.01. The SMILES string of the molecule is CCc1ccc(COc2cccc(C(C)=O)c2)cc1. The molecule has 0 amide bonds. The molecule has 0 aliphatic heterocycles. The van der Waals surface area contributed by atoms with Crippen LogP contribution in [0.15, 0.2) is 48.5 Å². The Hall–Kier alpha value is -2.09. The zero-order valence-electron chi connectivity index (χ0n) is 11.3. The summed E-state index contributed by atoms with van der Waals surface area (Å²) >= 11 is 0. The number of hydrogen-bond acceptors (Lipinski definition) is 2. The van der Waals surface area contributed by atoms with Gasteiger partial charge in [0.2, 0.25) is 0 Å². The maximum atomic E-state index is 11.3. The third kappa shape index (κ3) is 3.68. The first-order valence-electron chi connectivity index (χ1n) is 6.50. The number of rotatable bonds is 5. The molecule has 0 N–H and O–H groups in total. The van der Waals surface area contributed by atoms with E-state index in [9.17, 15) is 4.79 Å². The summed E-state index contributed by atoms with van der Waals surface area (Å²) in [4.78, 5) is 11.3. The molecule has 0 radical (unpaired) electrons. The lowest BCUT2D eigenvalue weighted by atomic mass is 10.1. The molecule has 2 heteroatoms. The first-order chi connectivity index (χ1) is 9.19. The minimum absolute atomic E-state index is 0.0535. The van der Waals surface area contributed by atoms with Crippen LogP contribution in [-0.2, 0) is 13.0 Å². The summed E-state index contributed by atoms with van der Waals surface area (Å²) in [5, 5.41) is 0. The van der Waals surface area contributed by atoms with Gasteiger partial charge in [-0.3, -0.25) is 4.79 Å². The molecule has 0 atom stereocenters. The predicted octanol–water partition coefficient (Wildman–Crippen LogP) is 4.03. The molecule has 0 saturated heterocycles. The average Bonchev–Trinajstić information content (AvgIpc) is 2.46. The van der Waals surface area contributed by atoms with Gasteiger partial charge in [0.1, 0.15) is 12.4 Å². The second-order valence-electron chi connectivity index (χ2n) is 4.54. The van der Waals surface area contributed by atoms with E-state index < -0.39 is 0 Å². The van der Waals surface area contributed by atoms with Crippen LogP contribution in [0.2, 0.25) is 0 Å². The van der Waals surface area contributed by atoms with E-state index in [2.05, 4.69) is 31.2 Å². The first kappa shape index (κ1) is 13.3. The van der Waals surface area contributed by atoms with E-state index in [4.69, 9.17) is 4.74 Å². The van der Waals surface area contributed by atoms with E-state index in [1.807, 2.05) is 12.1 Å². The van der Waals surface area contributed by atoms with Crippen molar-refractivity contribution in [2.45, 2.75) is 26.9 Å². The van der Waals surface area contributed by atoms with Crippen LogP contribution in [0.3, 0.4) is 0 Å². The number of hydrogen-bond donors (Lipinski definition) is 0. The zero-order valence-corrected chi connectivity index (χ0v) is 11.3. The highest BCUT2D eigenvalue weighted by atomic mass is 16.5. The normalized spacial score (nSPS) is 10.2. The fraction of sp³-hybridized carbons (Fsp3) is 0.235. The Morgan fingerprint density at radius 2 is 1.74 bits per heavy atom. The summed E-state index contributed by atoms with van der Waals surface area (Å²) in [7, 11) is 0. The third-order valence-corrected chi connectivity index (χ3v) is 3.08. The lowest BCUT2D eigenvalue weighted by Crippen LogP contribution is -1.97. The molecule has 98 valence electrons. The monoisotopic (exact) mass is 254 g/mol. The molecule has 0 bridgehead atoms. The minimum Gasteiger partial charge on any atom is -0.489 e. The van der Waals surface area contributed by atoms with Crippen LogP contribution in [0, 0.1) is 0 Å². The van der Waals surface area contributed by atoms with Gasteiger partial charge in [-0.25, -0.2) is 0 Å². The fourth-order valence-corrected chi connectivity index (χ4v) is 1.84. The predicted molar refractivity (Wildman–Crippen MR) is 76.6 cm³/mol. The van der Waals surface area contributed by atoms with Crippen LogP contribution < -0.4 is 4.74 Å². The second kappa shape index (κ2) is 6.19. The molecule has 2 rings (SSSR count). The van der Waals surface area contributed by atoms with Gasteiger partial charge < -0.3 is 4.74 Å². The van der Waals surface area contributed by atoms with Crippen LogP contribution >= 0.6 is 0 Å². The van der Waals surface area contributed by atoms with Crippen LogP contribution in [-0.4, -0.2) is 5.78 Å². The number of ether oxygens (including phenoxy) is 1. The number of aryl methyl sites for hydroxylation is 1. The third-order valence-electron chi connectivity index (χ3n) is 3.08. The highest BCUT2D eigenvalue weighted by Crippen LogP contribution is 2.16. The summed E-state index contributed by atoms with van der Waals surface area (Å²) in [6.45, 7) is 4.21. The van der Waals surface area contributed by atoms with Crippen molar-refractivity contribution in [3.63, 3.8) is 0 Å². The first-order valence-corrected chi connectivity index (χ1v) is 6.50. The molecule has 2 nitrogen and oxygen atoms in total.